The summed E-state index contributed by atoms with van der Waals surface area (Å²) in [5.74, 6) is 1.79. The van der Waals surface area contributed by atoms with Crippen molar-refractivity contribution in [2.75, 3.05) is 13.1 Å². The van der Waals surface area contributed by atoms with Gasteiger partial charge in [0.15, 0.2) is 0 Å². The Balaban J connectivity index is 1.72. The summed E-state index contributed by atoms with van der Waals surface area (Å²) in [4.78, 5) is 2.57. The Hall–Kier alpha value is -0.940. The highest BCUT2D eigenvalue weighted by molar-refractivity contribution is 4.94. The number of nitrogens with zero attached hydrogens (tertiary/aromatic N) is 4. The van der Waals surface area contributed by atoms with Crippen LogP contribution in [0.15, 0.2) is 6.33 Å². The second-order valence-electron chi connectivity index (χ2n) is 5.26. The first kappa shape index (κ1) is 11.2. The second kappa shape index (κ2) is 4.74. The largest absolute Gasteiger partial charge is 0.330 e. The van der Waals surface area contributed by atoms with Crippen molar-refractivity contribution >= 4 is 0 Å². The molecular weight excluding hydrogens is 214 g/mol. The van der Waals surface area contributed by atoms with Crippen LogP contribution in [0.1, 0.15) is 31.5 Å². The zero-order valence-electron chi connectivity index (χ0n) is 10.3. The minimum absolute atomic E-state index is 0.666. The van der Waals surface area contributed by atoms with E-state index in [0.717, 1.165) is 32.0 Å². The van der Waals surface area contributed by atoms with E-state index in [1.54, 1.807) is 0 Å². The molecule has 1 aliphatic carbocycles. The van der Waals surface area contributed by atoms with Crippen LogP contribution in [0.2, 0.25) is 0 Å². The molecule has 1 saturated carbocycles. The highest BCUT2D eigenvalue weighted by Gasteiger charge is 2.31. The predicted molar refractivity (Wildman–Crippen MR) is 65.2 cm³/mol. The van der Waals surface area contributed by atoms with E-state index in [1.165, 1.54) is 25.7 Å². The van der Waals surface area contributed by atoms with E-state index in [2.05, 4.69) is 19.7 Å². The van der Waals surface area contributed by atoms with E-state index in [4.69, 9.17) is 5.73 Å². The van der Waals surface area contributed by atoms with Gasteiger partial charge in [0, 0.05) is 19.1 Å². The van der Waals surface area contributed by atoms with E-state index in [0.29, 0.717) is 12.0 Å². The van der Waals surface area contributed by atoms with Gasteiger partial charge in [-0.25, -0.2) is 0 Å². The van der Waals surface area contributed by atoms with E-state index in [9.17, 15) is 0 Å². The lowest BCUT2D eigenvalue weighted by Gasteiger charge is -2.41. The van der Waals surface area contributed by atoms with Crippen LogP contribution in [0.25, 0.3) is 0 Å². The van der Waals surface area contributed by atoms with Crippen LogP contribution in [0.5, 0.6) is 0 Å². The Labute approximate surface area is 102 Å². The van der Waals surface area contributed by atoms with Crippen molar-refractivity contribution < 1.29 is 0 Å². The van der Waals surface area contributed by atoms with Crippen molar-refractivity contribution in [1.82, 2.24) is 19.7 Å². The summed E-state index contributed by atoms with van der Waals surface area (Å²) in [5.41, 5.74) is 5.92. The van der Waals surface area contributed by atoms with Crippen LogP contribution in [0.4, 0.5) is 0 Å². The molecular formula is C12H21N5. The second-order valence-corrected chi connectivity index (χ2v) is 5.26. The minimum atomic E-state index is 0.666. The Morgan fingerprint density at radius 2 is 2.18 bits per heavy atom. The van der Waals surface area contributed by atoms with Gasteiger partial charge in [-0.15, -0.1) is 10.2 Å². The topological polar surface area (TPSA) is 60.0 Å². The molecule has 0 aromatic carbocycles. The summed E-state index contributed by atoms with van der Waals surface area (Å²) in [6.07, 6.45) is 7.14. The van der Waals surface area contributed by atoms with Gasteiger partial charge < -0.3 is 10.3 Å². The molecule has 2 unspecified atom stereocenters. The predicted octanol–water partition coefficient (Wildman–Crippen LogP) is 0.611. The summed E-state index contributed by atoms with van der Waals surface area (Å²) in [7, 11) is 0. The van der Waals surface area contributed by atoms with E-state index in [1.807, 2.05) is 6.33 Å². The fraction of sp³-hybridized carbons (Fsp3) is 0.833. The first-order chi connectivity index (χ1) is 8.38. The maximum atomic E-state index is 5.92. The number of aromatic nitrogens is 3. The third-order valence-electron chi connectivity index (χ3n) is 4.31. The molecule has 2 N–H and O–H groups in total. The van der Waals surface area contributed by atoms with Gasteiger partial charge in [-0.1, -0.05) is 12.8 Å². The van der Waals surface area contributed by atoms with Gasteiger partial charge in [-0.05, 0) is 25.3 Å². The van der Waals surface area contributed by atoms with Gasteiger partial charge in [0.2, 0.25) is 0 Å². The van der Waals surface area contributed by atoms with Crippen LogP contribution >= 0.6 is 0 Å². The van der Waals surface area contributed by atoms with Crippen LogP contribution in [-0.2, 0) is 13.1 Å². The number of nitrogens with two attached hydrogens (primary N) is 1. The van der Waals surface area contributed by atoms with Crippen LogP contribution in [-0.4, -0.2) is 38.8 Å². The monoisotopic (exact) mass is 235 g/mol. The standard InChI is InChI=1S/C12H21N5/c13-7-10-3-1-2-4-11(10)16-5-6-17-9-14-15-12(17)8-16/h9-11H,1-8,13H2. The quantitative estimate of drug-likeness (QED) is 0.816. The van der Waals surface area contributed by atoms with Gasteiger partial charge in [0.25, 0.3) is 0 Å². The molecule has 0 bridgehead atoms. The zero-order valence-corrected chi connectivity index (χ0v) is 10.3. The molecule has 17 heavy (non-hydrogen) atoms. The molecule has 3 rings (SSSR count). The van der Waals surface area contributed by atoms with Crippen molar-refractivity contribution in [3.05, 3.63) is 12.2 Å². The maximum absolute atomic E-state index is 5.92. The fourth-order valence-corrected chi connectivity index (χ4v) is 3.31. The molecule has 0 spiro atoms. The van der Waals surface area contributed by atoms with Crippen LogP contribution in [0.3, 0.4) is 0 Å². The molecule has 0 radical (unpaired) electrons. The van der Waals surface area contributed by atoms with E-state index < -0.39 is 0 Å². The Morgan fingerprint density at radius 1 is 1.29 bits per heavy atom. The first-order valence-corrected chi connectivity index (χ1v) is 6.69. The zero-order chi connectivity index (χ0) is 11.7. The Morgan fingerprint density at radius 3 is 3.06 bits per heavy atom. The summed E-state index contributed by atoms with van der Waals surface area (Å²) in [6.45, 7) is 3.91. The third kappa shape index (κ3) is 2.09. The molecule has 1 aliphatic heterocycles. The van der Waals surface area contributed by atoms with E-state index >= 15 is 0 Å². The SMILES string of the molecule is NCC1CCCCC1N1CCn2cnnc2C1. The molecule has 2 atom stereocenters. The van der Waals surface area contributed by atoms with Gasteiger partial charge in [-0.2, -0.15) is 0 Å². The van der Waals surface area contributed by atoms with Crippen molar-refractivity contribution in [2.45, 2.75) is 44.8 Å². The molecule has 5 nitrogen and oxygen atoms in total. The molecule has 1 aromatic heterocycles. The summed E-state index contributed by atoms with van der Waals surface area (Å²) < 4.78 is 2.16. The number of rotatable bonds is 2. The first-order valence-electron chi connectivity index (χ1n) is 6.69. The minimum Gasteiger partial charge on any atom is -0.330 e. The van der Waals surface area contributed by atoms with E-state index in [-0.39, 0.29) is 0 Å². The van der Waals surface area contributed by atoms with Crippen LogP contribution < -0.4 is 5.73 Å². The van der Waals surface area contributed by atoms with Crippen molar-refractivity contribution in [3.63, 3.8) is 0 Å². The van der Waals surface area contributed by atoms with Gasteiger partial charge in [0.05, 0.1) is 6.54 Å². The number of fused-ring (bicyclic) bond motifs is 1. The number of hydrogen-bond donors (Lipinski definition) is 1. The highest BCUT2D eigenvalue weighted by Crippen LogP contribution is 2.29. The maximum Gasteiger partial charge on any atom is 0.147 e. The smallest absolute Gasteiger partial charge is 0.147 e. The third-order valence-corrected chi connectivity index (χ3v) is 4.31. The molecule has 1 fully saturated rings. The van der Waals surface area contributed by atoms with Gasteiger partial charge in [-0.3, -0.25) is 4.90 Å². The van der Waals surface area contributed by atoms with Crippen LogP contribution in [0, 0.1) is 5.92 Å². The lowest BCUT2D eigenvalue weighted by Crippen LogP contribution is -2.48. The summed E-state index contributed by atoms with van der Waals surface area (Å²) >= 11 is 0. The molecule has 5 heteroatoms. The summed E-state index contributed by atoms with van der Waals surface area (Å²) in [6, 6.07) is 0.666. The molecule has 2 aliphatic rings. The van der Waals surface area contributed by atoms with Crippen molar-refractivity contribution in [3.8, 4) is 0 Å². The Bertz CT molecular complexity index is 375. The molecule has 0 saturated heterocycles. The highest BCUT2D eigenvalue weighted by atomic mass is 15.3. The molecule has 94 valence electrons. The summed E-state index contributed by atoms with van der Waals surface area (Å²) in [5, 5.41) is 8.18. The normalized spacial score (nSPS) is 30.2. The fourth-order valence-electron chi connectivity index (χ4n) is 3.31. The molecule has 0 amide bonds. The Kier molecular flexibility index (Phi) is 3.11. The average molecular weight is 235 g/mol. The molecule has 2 heterocycles. The average Bonchev–Trinajstić information content (AvgIpc) is 2.85. The lowest BCUT2D eigenvalue weighted by molar-refractivity contribution is 0.0798. The number of hydrogen-bond acceptors (Lipinski definition) is 4. The van der Waals surface area contributed by atoms with Gasteiger partial charge in [0.1, 0.15) is 12.2 Å². The molecule has 1 aromatic rings. The van der Waals surface area contributed by atoms with Gasteiger partial charge >= 0.3 is 0 Å². The lowest BCUT2D eigenvalue weighted by atomic mass is 9.83. The van der Waals surface area contributed by atoms with Crippen molar-refractivity contribution in [1.29, 1.82) is 0 Å². The van der Waals surface area contributed by atoms with Crippen molar-refractivity contribution in [2.24, 2.45) is 11.7 Å².